The number of ether oxygens (including phenoxy) is 1. The van der Waals surface area contributed by atoms with Gasteiger partial charge < -0.3 is 4.74 Å². The van der Waals surface area contributed by atoms with E-state index < -0.39 is 19.2 Å². The first-order valence-electron chi connectivity index (χ1n) is 8.15. The maximum Gasteiger partial charge on any atom is 0.389 e. The summed E-state index contributed by atoms with van der Waals surface area (Å²) in [7, 11) is 0. The monoisotopic (exact) mass is 407 g/mol. The highest BCUT2D eigenvalue weighted by molar-refractivity contribution is 5.69. The minimum atomic E-state index is -4.26. The highest BCUT2D eigenvalue weighted by Crippen LogP contribution is 2.33. The highest BCUT2D eigenvalue weighted by Gasteiger charge is 2.26. The van der Waals surface area contributed by atoms with Gasteiger partial charge in [-0.3, -0.25) is 9.67 Å². The molecule has 0 aliphatic carbocycles. The van der Waals surface area contributed by atoms with Gasteiger partial charge in [-0.25, -0.2) is 0 Å². The topological polar surface area (TPSA) is 74.1 Å². The summed E-state index contributed by atoms with van der Waals surface area (Å²) in [6, 6.07) is 1.27. The summed E-state index contributed by atoms with van der Waals surface area (Å²) in [6.07, 6.45) is -2.17. The standard InChI is InChI=1S/C16H18F5N3O.CO2/c1-3-24-14(10(2)8-23-24)12-9-22-11(5-4-6-16(19,20)21)7-13(12)25-15(17)18;2-1-3/h7-9,15H,3-6H2,1-2H3;. The van der Waals surface area contributed by atoms with Crippen molar-refractivity contribution in [3.63, 3.8) is 0 Å². The largest absolute Gasteiger partial charge is 0.434 e. The van der Waals surface area contributed by atoms with Crippen LogP contribution in [-0.4, -0.2) is 33.7 Å². The van der Waals surface area contributed by atoms with Gasteiger partial charge in [0.15, 0.2) is 0 Å². The van der Waals surface area contributed by atoms with Crippen LogP contribution >= 0.6 is 0 Å². The van der Waals surface area contributed by atoms with Gasteiger partial charge in [0.1, 0.15) is 5.75 Å². The molecule has 0 atom stereocenters. The second kappa shape index (κ2) is 10.5. The van der Waals surface area contributed by atoms with E-state index in [2.05, 4.69) is 14.8 Å². The molecule has 2 aromatic heterocycles. The van der Waals surface area contributed by atoms with Gasteiger partial charge in [0.05, 0.1) is 17.5 Å². The highest BCUT2D eigenvalue weighted by atomic mass is 19.4. The lowest BCUT2D eigenvalue weighted by molar-refractivity contribution is -0.191. The first kappa shape index (κ1) is 23.2. The average molecular weight is 407 g/mol. The number of hydrogen-bond acceptors (Lipinski definition) is 5. The van der Waals surface area contributed by atoms with Crippen LogP contribution in [-0.2, 0) is 22.6 Å². The fourth-order valence-corrected chi connectivity index (χ4v) is 2.53. The molecule has 2 heterocycles. The Hall–Kier alpha value is -2.81. The summed E-state index contributed by atoms with van der Waals surface area (Å²) >= 11 is 0. The molecule has 0 radical (unpaired) electrons. The average Bonchev–Trinajstić information content (AvgIpc) is 2.95. The zero-order chi connectivity index (χ0) is 21.3. The molecule has 11 heteroatoms. The maximum atomic E-state index is 12.8. The van der Waals surface area contributed by atoms with E-state index in [4.69, 9.17) is 9.59 Å². The number of nitrogens with zero attached hydrogens (tertiary/aromatic N) is 3. The van der Waals surface area contributed by atoms with Gasteiger partial charge in [0.2, 0.25) is 0 Å². The summed E-state index contributed by atoms with van der Waals surface area (Å²) in [4.78, 5) is 20.4. The lowest BCUT2D eigenvalue weighted by atomic mass is 10.1. The fraction of sp³-hybridized carbons (Fsp3) is 0.471. The SMILES string of the molecule is CCn1ncc(C)c1-c1cnc(CCCC(F)(F)F)cc1OC(F)F.O=C=O. The molecular formula is C17H18F5N3O3. The third-order valence-electron chi connectivity index (χ3n) is 3.61. The number of hydrogen-bond donors (Lipinski definition) is 0. The van der Waals surface area contributed by atoms with E-state index in [9.17, 15) is 22.0 Å². The Bertz CT molecular complexity index is 800. The van der Waals surface area contributed by atoms with Crippen LogP contribution in [0, 0.1) is 6.92 Å². The Morgan fingerprint density at radius 1 is 1.25 bits per heavy atom. The lowest BCUT2D eigenvalue weighted by Crippen LogP contribution is -2.09. The molecule has 6 nitrogen and oxygen atoms in total. The summed E-state index contributed by atoms with van der Waals surface area (Å²) in [5.74, 6) is -0.120. The minimum Gasteiger partial charge on any atom is -0.434 e. The van der Waals surface area contributed by atoms with E-state index in [1.165, 1.54) is 12.3 Å². The van der Waals surface area contributed by atoms with E-state index >= 15 is 0 Å². The number of alkyl halides is 5. The Kier molecular flexibility index (Phi) is 8.72. The van der Waals surface area contributed by atoms with Gasteiger partial charge in [-0.05, 0) is 32.3 Å². The van der Waals surface area contributed by atoms with Crippen LogP contribution < -0.4 is 4.74 Å². The van der Waals surface area contributed by atoms with Crippen molar-refractivity contribution >= 4 is 6.15 Å². The smallest absolute Gasteiger partial charge is 0.389 e. The molecule has 0 amide bonds. The van der Waals surface area contributed by atoms with Gasteiger partial charge in [-0.2, -0.15) is 36.6 Å². The number of aromatic nitrogens is 3. The van der Waals surface area contributed by atoms with Crippen LogP contribution in [0.3, 0.4) is 0 Å². The maximum absolute atomic E-state index is 12.8. The van der Waals surface area contributed by atoms with Crippen LogP contribution in [0.2, 0.25) is 0 Å². The van der Waals surface area contributed by atoms with E-state index in [1.807, 2.05) is 6.92 Å². The second-order valence-corrected chi connectivity index (χ2v) is 5.59. The van der Waals surface area contributed by atoms with Crippen LogP contribution in [0.15, 0.2) is 18.5 Å². The van der Waals surface area contributed by atoms with Crippen molar-refractivity contribution in [1.82, 2.24) is 14.8 Å². The number of pyridine rings is 1. The van der Waals surface area contributed by atoms with Crippen molar-refractivity contribution < 1.29 is 36.3 Å². The van der Waals surface area contributed by atoms with Crippen LogP contribution in [0.5, 0.6) is 5.75 Å². The third kappa shape index (κ3) is 7.07. The lowest BCUT2D eigenvalue weighted by Gasteiger charge is -2.14. The molecule has 0 saturated carbocycles. The normalized spacial score (nSPS) is 11.0. The number of halogens is 5. The van der Waals surface area contributed by atoms with E-state index in [1.54, 1.807) is 17.8 Å². The molecule has 0 fully saturated rings. The summed E-state index contributed by atoms with van der Waals surface area (Å²) in [5.41, 5.74) is 1.95. The molecule has 2 aromatic rings. The molecular weight excluding hydrogens is 389 g/mol. The van der Waals surface area contributed by atoms with E-state index in [0.717, 1.165) is 5.56 Å². The second-order valence-electron chi connectivity index (χ2n) is 5.59. The molecule has 0 unspecified atom stereocenters. The van der Waals surface area contributed by atoms with Gasteiger partial charge in [0.25, 0.3) is 0 Å². The fourth-order valence-electron chi connectivity index (χ4n) is 2.53. The molecule has 0 aliphatic heterocycles. The van der Waals surface area contributed by atoms with Crippen LogP contribution in [0.25, 0.3) is 11.3 Å². The van der Waals surface area contributed by atoms with Crippen LogP contribution in [0.1, 0.15) is 31.0 Å². The Morgan fingerprint density at radius 3 is 2.43 bits per heavy atom. The number of rotatable bonds is 7. The number of aryl methyl sites for hydroxylation is 3. The van der Waals surface area contributed by atoms with E-state index in [0.29, 0.717) is 17.8 Å². The zero-order valence-corrected chi connectivity index (χ0v) is 15.1. The Morgan fingerprint density at radius 2 is 1.89 bits per heavy atom. The third-order valence-corrected chi connectivity index (χ3v) is 3.61. The molecule has 28 heavy (non-hydrogen) atoms. The van der Waals surface area contributed by atoms with Gasteiger partial charge in [-0.15, -0.1) is 0 Å². The van der Waals surface area contributed by atoms with Crippen molar-refractivity contribution in [3.05, 3.63) is 29.7 Å². The summed E-state index contributed by atoms with van der Waals surface area (Å²) in [6.45, 7) is 1.09. The molecule has 0 bridgehead atoms. The van der Waals surface area contributed by atoms with E-state index in [-0.39, 0.29) is 30.4 Å². The first-order chi connectivity index (χ1) is 13.1. The predicted molar refractivity (Wildman–Crippen MR) is 86.5 cm³/mol. The van der Waals surface area contributed by atoms with Crippen molar-refractivity contribution in [1.29, 1.82) is 0 Å². The Labute approximate surface area is 157 Å². The predicted octanol–water partition coefficient (Wildman–Crippen LogP) is 4.18. The minimum absolute atomic E-state index is 0.0193. The quantitative estimate of drug-likeness (QED) is 0.644. The first-order valence-corrected chi connectivity index (χ1v) is 8.15. The van der Waals surface area contributed by atoms with Crippen LogP contribution in [0.4, 0.5) is 22.0 Å². The molecule has 0 aliphatic rings. The zero-order valence-electron chi connectivity index (χ0n) is 15.1. The Balaban J connectivity index is 0.00000122. The number of carbonyl (C=O) groups excluding carboxylic acids is 2. The summed E-state index contributed by atoms with van der Waals surface area (Å²) < 4.78 is 68.4. The van der Waals surface area contributed by atoms with Gasteiger partial charge >= 0.3 is 18.9 Å². The van der Waals surface area contributed by atoms with Gasteiger partial charge in [0, 0.05) is 30.9 Å². The summed E-state index contributed by atoms with van der Waals surface area (Å²) in [5, 5.41) is 4.15. The van der Waals surface area contributed by atoms with Crippen molar-refractivity contribution in [2.45, 2.75) is 52.4 Å². The molecule has 0 spiro atoms. The van der Waals surface area contributed by atoms with Crippen molar-refractivity contribution in [2.24, 2.45) is 0 Å². The molecule has 2 rings (SSSR count). The molecule has 154 valence electrons. The molecule has 0 aromatic carbocycles. The van der Waals surface area contributed by atoms with Crippen molar-refractivity contribution in [3.8, 4) is 17.0 Å². The van der Waals surface area contributed by atoms with Gasteiger partial charge in [-0.1, -0.05) is 0 Å². The molecule has 0 saturated heterocycles. The van der Waals surface area contributed by atoms with Crippen molar-refractivity contribution in [2.75, 3.05) is 0 Å². The molecule has 0 N–H and O–H groups in total.